The number of likely N-dealkylation sites (tertiary alicyclic amines) is 1. The van der Waals surface area contributed by atoms with Gasteiger partial charge in [-0.3, -0.25) is 4.79 Å². The minimum Gasteiger partial charge on any atom is -0.399 e. The van der Waals surface area contributed by atoms with Gasteiger partial charge >= 0.3 is 6.03 Å². The number of nitrogens with one attached hydrogen (secondary N) is 2. The van der Waals surface area contributed by atoms with E-state index in [1.807, 2.05) is 35.2 Å². The fourth-order valence-corrected chi connectivity index (χ4v) is 3.22. The molecule has 6 nitrogen and oxygen atoms in total. The summed E-state index contributed by atoms with van der Waals surface area (Å²) in [5.41, 5.74) is 7.70. The van der Waals surface area contributed by atoms with E-state index in [4.69, 9.17) is 5.73 Å². The Balaban J connectivity index is 0.00000261. The Labute approximate surface area is 165 Å². The summed E-state index contributed by atoms with van der Waals surface area (Å²) in [5, 5.41) is 5.67. The van der Waals surface area contributed by atoms with Crippen LogP contribution < -0.4 is 16.4 Å². The number of nitrogen functional groups attached to an aromatic ring is 1. The number of urea groups is 1. The van der Waals surface area contributed by atoms with Gasteiger partial charge in [-0.15, -0.1) is 12.4 Å². The summed E-state index contributed by atoms with van der Waals surface area (Å²) in [4.78, 5) is 26.8. The van der Waals surface area contributed by atoms with Gasteiger partial charge in [0.25, 0.3) is 5.91 Å². The Hall–Kier alpha value is -2.73. The lowest BCUT2D eigenvalue weighted by molar-refractivity contribution is 0.0615. The van der Waals surface area contributed by atoms with Gasteiger partial charge in [-0.1, -0.05) is 24.3 Å². The lowest BCUT2D eigenvalue weighted by atomic mass is 10.0. The molecule has 1 aliphatic heterocycles. The van der Waals surface area contributed by atoms with Gasteiger partial charge in [0.2, 0.25) is 0 Å². The zero-order valence-corrected chi connectivity index (χ0v) is 15.9. The van der Waals surface area contributed by atoms with E-state index >= 15 is 0 Å². The number of piperidine rings is 1. The first-order chi connectivity index (χ1) is 12.6. The molecule has 2 aromatic rings. The number of benzene rings is 2. The molecule has 7 heteroatoms. The van der Waals surface area contributed by atoms with Crippen molar-refractivity contribution in [3.63, 3.8) is 0 Å². The van der Waals surface area contributed by atoms with Crippen LogP contribution in [0, 0.1) is 0 Å². The van der Waals surface area contributed by atoms with Gasteiger partial charge in [-0.25, -0.2) is 4.79 Å². The molecule has 1 fully saturated rings. The minimum atomic E-state index is -0.266. The molecule has 1 saturated heterocycles. The van der Waals surface area contributed by atoms with Crippen LogP contribution in [0.1, 0.15) is 29.6 Å². The van der Waals surface area contributed by atoms with Crippen LogP contribution in [0.3, 0.4) is 0 Å². The second-order valence-electron chi connectivity index (χ2n) is 6.47. The molecule has 3 rings (SSSR count). The summed E-state index contributed by atoms with van der Waals surface area (Å²) in [7, 11) is 0. The average Bonchev–Trinajstić information content (AvgIpc) is 2.67. The van der Waals surface area contributed by atoms with Crippen molar-refractivity contribution in [3.05, 3.63) is 60.2 Å². The van der Waals surface area contributed by atoms with Gasteiger partial charge in [-0.2, -0.15) is 0 Å². The first-order valence-corrected chi connectivity index (χ1v) is 8.90. The number of anilines is 2. The number of amides is 3. The third-order valence-electron chi connectivity index (χ3n) is 4.55. The number of hydrogen-bond donors (Lipinski definition) is 3. The zero-order valence-electron chi connectivity index (χ0n) is 15.1. The first kappa shape index (κ1) is 20.6. The van der Waals surface area contributed by atoms with Crippen molar-refractivity contribution in [1.82, 2.24) is 10.2 Å². The summed E-state index contributed by atoms with van der Waals surface area (Å²) < 4.78 is 0. The van der Waals surface area contributed by atoms with Gasteiger partial charge in [0, 0.05) is 36.1 Å². The fourth-order valence-electron chi connectivity index (χ4n) is 3.22. The second-order valence-corrected chi connectivity index (χ2v) is 6.47. The Morgan fingerprint density at radius 2 is 1.85 bits per heavy atom. The summed E-state index contributed by atoms with van der Waals surface area (Å²) in [5.74, 6) is -0.0349. The van der Waals surface area contributed by atoms with Gasteiger partial charge in [-0.05, 0) is 49.6 Å². The maximum absolute atomic E-state index is 12.8. The molecule has 0 aliphatic carbocycles. The molecule has 1 heterocycles. The van der Waals surface area contributed by atoms with Crippen molar-refractivity contribution >= 4 is 35.7 Å². The third-order valence-corrected chi connectivity index (χ3v) is 4.55. The molecule has 1 atom stereocenters. The van der Waals surface area contributed by atoms with Crippen LogP contribution in [0.25, 0.3) is 0 Å². The highest BCUT2D eigenvalue weighted by atomic mass is 35.5. The number of halogens is 1. The lowest BCUT2D eigenvalue weighted by Gasteiger charge is -2.36. The Morgan fingerprint density at radius 1 is 1.07 bits per heavy atom. The van der Waals surface area contributed by atoms with E-state index in [-0.39, 0.29) is 30.4 Å². The molecule has 4 N–H and O–H groups in total. The quantitative estimate of drug-likeness (QED) is 0.700. The molecule has 1 aliphatic rings. The first-order valence-electron chi connectivity index (χ1n) is 8.90. The monoisotopic (exact) mass is 388 g/mol. The third kappa shape index (κ3) is 5.62. The second kappa shape index (κ2) is 9.83. The fraction of sp³-hybridized carbons (Fsp3) is 0.300. The summed E-state index contributed by atoms with van der Waals surface area (Å²) >= 11 is 0. The van der Waals surface area contributed by atoms with Crippen molar-refractivity contribution in [3.8, 4) is 0 Å². The molecule has 1 unspecified atom stereocenters. The topological polar surface area (TPSA) is 87.5 Å². The van der Waals surface area contributed by atoms with Crippen molar-refractivity contribution in [1.29, 1.82) is 0 Å². The van der Waals surface area contributed by atoms with E-state index < -0.39 is 0 Å². The van der Waals surface area contributed by atoms with E-state index in [1.54, 1.807) is 24.3 Å². The van der Waals surface area contributed by atoms with E-state index in [1.165, 1.54) is 0 Å². The Morgan fingerprint density at radius 3 is 2.59 bits per heavy atom. The van der Waals surface area contributed by atoms with Crippen LogP contribution in [-0.4, -0.2) is 36.0 Å². The van der Waals surface area contributed by atoms with E-state index in [2.05, 4.69) is 10.6 Å². The molecule has 27 heavy (non-hydrogen) atoms. The minimum absolute atomic E-state index is 0. The predicted octanol–water partition coefficient (Wildman–Crippen LogP) is 3.51. The van der Waals surface area contributed by atoms with Crippen LogP contribution in [0.15, 0.2) is 54.6 Å². The number of para-hydroxylation sites is 1. The number of carbonyl (C=O) groups is 2. The zero-order chi connectivity index (χ0) is 18.4. The van der Waals surface area contributed by atoms with Gasteiger partial charge in [0.05, 0.1) is 0 Å². The summed E-state index contributed by atoms with van der Waals surface area (Å²) in [6.07, 6.45) is 2.90. The number of carbonyl (C=O) groups excluding carboxylic acids is 2. The normalized spacial score (nSPS) is 16.1. The molecule has 0 saturated carbocycles. The summed E-state index contributed by atoms with van der Waals surface area (Å²) in [6.45, 7) is 1.12. The Bertz CT molecular complexity index is 770. The van der Waals surface area contributed by atoms with Gasteiger partial charge in [0.15, 0.2) is 0 Å². The predicted molar refractivity (Wildman–Crippen MR) is 110 cm³/mol. The van der Waals surface area contributed by atoms with Crippen LogP contribution in [0.4, 0.5) is 16.2 Å². The maximum atomic E-state index is 12.8. The lowest BCUT2D eigenvalue weighted by Crippen LogP contribution is -2.50. The highest BCUT2D eigenvalue weighted by Gasteiger charge is 2.27. The van der Waals surface area contributed by atoms with Crippen molar-refractivity contribution in [2.24, 2.45) is 0 Å². The highest BCUT2D eigenvalue weighted by molar-refractivity contribution is 5.95. The largest absolute Gasteiger partial charge is 0.399 e. The van der Waals surface area contributed by atoms with E-state index in [9.17, 15) is 9.59 Å². The molecule has 3 amide bonds. The number of hydrogen-bond acceptors (Lipinski definition) is 3. The molecule has 0 bridgehead atoms. The molecule has 2 aromatic carbocycles. The molecular formula is C20H25ClN4O2. The van der Waals surface area contributed by atoms with Crippen molar-refractivity contribution in [2.75, 3.05) is 24.1 Å². The van der Waals surface area contributed by atoms with Crippen molar-refractivity contribution in [2.45, 2.75) is 25.3 Å². The molecule has 144 valence electrons. The SMILES string of the molecule is Cl.Nc1cccc(C(=O)N2CCCCC2CNC(=O)Nc2ccccc2)c1. The molecule has 0 spiro atoms. The highest BCUT2D eigenvalue weighted by Crippen LogP contribution is 2.20. The summed E-state index contributed by atoms with van der Waals surface area (Å²) in [6, 6.07) is 16.0. The van der Waals surface area contributed by atoms with Gasteiger partial charge < -0.3 is 21.3 Å². The number of nitrogens with zero attached hydrogens (tertiary/aromatic N) is 1. The van der Waals surface area contributed by atoms with Crippen LogP contribution in [0.2, 0.25) is 0 Å². The average molecular weight is 389 g/mol. The smallest absolute Gasteiger partial charge is 0.319 e. The molecule has 0 aromatic heterocycles. The number of rotatable bonds is 4. The van der Waals surface area contributed by atoms with Crippen LogP contribution >= 0.6 is 12.4 Å². The van der Waals surface area contributed by atoms with Crippen molar-refractivity contribution < 1.29 is 9.59 Å². The van der Waals surface area contributed by atoms with E-state index in [0.29, 0.717) is 24.3 Å². The van der Waals surface area contributed by atoms with E-state index in [0.717, 1.165) is 24.9 Å². The molecular weight excluding hydrogens is 364 g/mol. The number of nitrogens with two attached hydrogens (primary N) is 1. The van der Waals surface area contributed by atoms with Crippen LogP contribution in [0.5, 0.6) is 0 Å². The van der Waals surface area contributed by atoms with Gasteiger partial charge in [0.1, 0.15) is 0 Å². The Kier molecular flexibility index (Phi) is 7.49. The van der Waals surface area contributed by atoms with Crippen LogP contribution in [-0.2, 0) is 0 Å². The molecule has 0 radical (unpaired) electrons. The maximum Gasteiger partial charge on any atom is 0.319 e. The standard InChI is InChI=1S/C20H24N4O2.ClH/c21-16-8-6-7-15(13-16)19(25)24-12-5-4-11-18(24)14-22-20(26)23-17-9-2-1-3-10-17;/h1-3,6-10,13,18H,4-5,11-12,14,21H2,(H2,22,23,26);1H.